The Bertz CT molecular complexity index is 471. The number of hydrogen-bond acceptors (Lipinski definition) is 2. The van der Waals surface area contributed by atoms with Crippen LogP contribution < -0.4 is 0 Å². The summed E-state index contributed by atoms with van der Waals surface area (Å²) in [4.78, 5) is 14.5. The maximum absolute atomic E-state index is 12.5. The molecule has 0 N–H and O–H groups in total. The molecule has 0 bridgehead atoms. The summed E-state index contributed by atoms with van der Waals surface area (Å²) in [6, 6.07) is 7.94. The van der Waals surface area contributed by atoms with Crippen LogP contribution in [0.1, 0.15) is 24.3 Å². The van der Waals surface area contributed by atoms with Gasteiger partial charge in [0.05, 0.1) is 0 Å². The van der Waals surface area contributed by atoms with Crippen molar-refractivity contribution in [2.75, 3.05) is 24.6 Å². The smallest absolute Gasteiger partial charge is 0.226 e. The summed E-state index contributed by atoms with van der Waals surface area (Å²) in [6.07, 6.45) is 2.12. The van der Waals surface area contributed by atoms with Crippen molar-refractivity contribution in [2.24, 2.45) is 5.92 Å². The van der Waals surface area contributed by atoms with E-state index >= 15 is 0 Å². The molecule has 19 heavy (non-hydrogen) atoms. The molecular weight excluding hydrogens is 278 g/mol. The Kier molecular flexibility index (Phi) is 4.04. The highest BCUT2D eigenvalue weighted by atomic mass is 35.5. The van der Waals surface area contributed by atoms with Crippen molar-refractivity contribution in [3.05, 3.63) is 34.9 Å². The van der Waals surface area contributed by atoms with E-state index in [2.05, 4.69) is 11.0 Å². The van der Waals surface area contributed by atoms with Crippen LogP contribution >= 0.6 is 23.4 Å². The van der Waals surface area contributed by atoms with Gasteiger partial charge in [-0.3, -0.25) is 4.79 Å². The van der Waals surface area contributed by atoms with Gasteiger partial charge in [-0.2, -0.15) is 11.8 Å². The molecule has 4 heteroatoms. The van der Waals surface area contributed by atoms with Crippen molar-refractivity contribution in [3.8, 4) is 0 Å². The van der Waals surface area contributed by atoms with Gasteiger partial charge in [0.15, 0.2) is 0 Å². The Morgan fingerprint density at radius 2 is 2.21 bits per heavy atom. The van der Waals surface area contributed by atoms with E-state index in [1.807, 2.05) is 30.0 Å². The summed E-state index contributed by atoms with van der Waals surface area (Å²) in [6.45, 7) is 1.85. The summed E-state index contributed by atoms with van der Waals surface area (Å²) in [5.74, 6) is 3.21. The number of amides is 1. The summed E-state index contributed by atoms with van der Waals surface area (Å²) in [7, 11) is 0. The molecule has 1 aliphatic carbocycles. The number of benzene rings is 1. The average Bonchev–Trinajstić information content (AvgIpc) is 3.22. The zero-order valence-electron chi connectivity index (χ0n) is 10.8. The Labute approximate surface area is 123 Å². The summed E-state index contributed by atoms with van der Waals surface area (Å²) in [5, 5.41) is 0.766. The van der Waals surface area contributed by atoms with Crippen molar-refractivity contribution in [2.45, 2.75) is 18.8 Å². The number of carbonyl (C=O) groups is 1. The third kappa shape index (κ3) is 3.09. The first-order valence-corrected chi connectivity index (χ1v) is 8.41. The van der Waals surface area contributed by atoms with Crippen molar-refractivity contribution >= 4 is 29.3 Å². The largest absolute Gasteiger partial charge is 0.342 e. The molecule has 1 saturated carbocycles. The second kappa shape index (κ2) is 5.76. The second-order valence-electron chi connectivity index (χ2n) is 5.29. The normalized spacial score (nSPS) is 26.9. The third-order valence-corrected chi connectivity index (χ3v) is 5.20. The second-order valence-corrected chi connectivity index (χ2v) is 6.96. The number of carbonyl (C=O) groups excluding carboxylic acids is 1. The molecule has 0 spiro atoms. The molecule has 1 amide bonds. The maximum atomic E-state index is 12.5. The quantitative estimate of drug-likeness (QED) is 0.833. The number of hydrogen-bond donors (Lipinski definition) is 0. The minimum atomic E-state index is 0.196. The zero-order chi connectivity index (χ0) is 13.2. The van der Waals surface area contributed by atoms with E-state index < -0.39 is 0 Å². The molecule has 0 aromatic heterocycles. The number of halogens is 1. The fraction of sp³-hybridized carbons (Fsp3) is 0.533. The lowest BCUT2D eigenvalue weighted by atomic mass is 10.1. The van der Waals surface area contributed by atoms with Crippen molar-refractivity contribution < 1.29 is 4.79 Å². The summed E-state index contributed by atoms with van der Waals surface area (Å²) < 4.78 is 0. The predicted molar refractivity (Wildman–Crippen MR) is 80.8 cm³/mol. The van der Waals surface area contributed by atoms with Crippen LogP contribution in [0.5, 0.6) is 0 Å². The van der Waals surface area contributed by atoms with Gasteiger partial charge in [0.2, 0.25) is 5.91 Å². The minimum absolute atomic E-state index is 0.196. The van der Waals surface area contributed by atoms with Gasteiger partial charge >= 0.3 is 0 Å². The molecule has 1 aliphatic heterocycles. The van der Waals surface area contributed by atoms with Gasteiger partial charge in [-0.1, -0.05) is 23.7 Å². The lowest BCUT2D eigenvalue weighted by Crippen LogP contribution is -2.34. The summed E-state index contributed by atoms with van der Waals surface area (Å²) >= 11 is 7.97. The third-order valence-electron chi connectivity index (χ3n) is 3.92. The van der Waals surface area contributed by atoms with Gasteiger partial charge in [0.25, 0.3) is 0 Å². The topological polar surface area (TPSA) is 20.3 Å². The van der Waals surface area contributed by atoms with E-state index in [-0.39, 0.29) is 5.92 Å². The predicted octanol–water partition coefficient (Wildman–Crippen LogP) is 3.41. The fourth-order valence-electron chi connectivity index (χ4n) is 2.77. The molecule has 2 aliphatic rings. The first kappa shape index (κ1) is 13.3. The molecule has 1 aromatic rings. The highest BCUT2D eigenvalue weighted by Crippen LogP contribution is 2.48. The van der Waals surface area contributed by atoms with Crippen LogP contribution in [0.15, 0.2) is 24.3 Å². The van der Waals surface area contributed by atoms with Crippen LogP contribution in [0.4, 0.5) is 0 Å². The standard InChI is InChI=1S/C15H18ClNOS/c16-12-4-1-3-11(9-12)13-10-14(13)15(18)17-5-2-7-19-8-6-17/h1,3-4,9,13-14H,2,5-8,10H2/t13-,14+/m1/s1. The van der Waals surface area contributed by atoms with Crippen LogP contribution in [0.3, 0.4) is 0 Å². The van der Waals surface area contributed by atoms with Gasteiger partial charge < -0.3 is 4.90 Å². The number of thioether (sulfide) groups is 1. The molecule has 0 radical (unpaired) electrons. The maximum Gasteiger partial charge on any atom is 0.226 e. The first-order chi connectivity index (χ1) is 9.25. The zero-order valence-corrected chi connectivity index (χ0v) is 12.4. The van der Waals surface area contributed by atoms with Crippen LogP contribution in [0.2, 0.25) is 5.02 Å². The summed E-state index contributed by atoms with van der Waals surface area (Å²) in [5.41, 5.74) is 1.22. The van der Waals surface area contributed by atoms with E-state index in [0.29, 0.717) is 11.8 Å². The van der Waals surface area contributed by atoms with Gasteiger partial charge in [-0.05, 0) is 42.2 Å². The van der Waals surface area contributed by atoms with E-state index in [4.69, 9.17) is 11.6 Å². The van der Waals surface area contributed by atoms with Gasteiger partial charge in [-0.25, -0.2) is 0 Å². The molecule has 2 atom stereocenters. The van der Waals surface area contributed by atoms with Gasteiger partial charge in [0.1, 0.15) is 0 Å². The highest BCUT2D eigenvalue weighted by Gasteiger charge is 2.45. The molecular formula is C15H18ClNOS. The lowest BCUT2D eigenvalue weighted by molar-refractivity contribution is -0.132. The molecule has 102 valence electrons. The lowest BCUT2D eigenvalue weighted by Gasteiger charge is -2.20. The monoisotopic (exact) mass is 295 g/mol. The average molecular weight is 296 g/mol. The van der Waals surface area contributed by atoms with Crippen LogP contribution in [-0.4, -0.2) is 35.4 Å². The number of rotatable bonds is 2. The molecule has 1 saturated heterocycles. The Balaban J connectivity index is 1.64. The van der Waals surface area contributed by atoms with Crippen molar-refractivity contribution in [3.63, 3.8) is 0 Å². The van der Waals surface area contributed by atoms with E-state index in [1.54, 1.807) is 0 Å². The molecule has 1 aromatic carbocycles. The van der Waals surface area contributed by atoms with Crippen molar-refractivity contribution in [1.29, 1.82) is 0 Å². The Hall–Kier alpha value is -0.670. The van der Waals surface area contributed by atoms with E-state index in [1.165, 1.54) is 11.3 Å². The van der Waals surface area contributed by atoms with E-state index in [9.17, 15) is 4.79 Å². The van der Waals surface area contributed by atoms with Crippen molar-refractivity contribution in [1.82, 2.24) is 4.90 Å². The molecule has 0 unspecified atom stereocenters. The highest BCUT2D eigenvalue weighted by molar-refractivity contribution is 7.99. The van der Waals surface area contributed by atoms with Gasteiger partial charge in [0, 0.05) is 29.8 Å². The molecule has 3 rings (SSSR count). The minimum Gasteiger partial charge on any atom is -0.342 e. The van der Waals surface area contributed by atoms with Crippen LogP contribution in [0.25, 0.3) is 0 Å². The fourth-order valence-corrected chi connectivity index (χ4v) is 3.86. The Morgan fingerprint density at radius 1 is 1.32 bits per heavy atom. The van der Waals surface area contributed by atoms with E-state index in [0.717, 1.165) is 36.7 Å². The molecule has 1 heterocycles. The SMILES string of the molecule is O=C([C@H]1C[C@@H]1c1cccc(Cl)c1)N1CCCSCC1. The van der Waals surface area contributed by atoms with Crippen LogP contribution in [-0.2, 0) is 4.79 Å². The van der Waals surface area contributed by atoms with Gasteiger partial charge in [-0.15, -0.1) is 0 Å². The molecule has 2 nitrogen and oxygen atoms in total. The first-order valence-electron chi connectivity index (χ1n) is 6.88. The Morgan fingerprint density at radius 3 is 3.05 bits per heavy atom. The number of nitrogens with zero attached hydrogens (tertiary/aromatic N) is 1. The molecule has 2 fully saturated rings. The van der Waals surface area contributed by atoms with Crippen LogP contribution in [0, 0.1) is 5.92 Å².